The largest absolute Gasteiger partial charge is 0.342 e. The Morgan fingerprint density at radius 3 is 2.70 bits per heavy atom. The number of para-hydroxylation sites is 1. The Labute approximate surface area is 163 Å². The lowest BCUT2D eigenvalue weighted by molar-refractivity contribution is -0.917. The Kier molecular flexibility index (Phi) is 5.41. The number of thiazole rings is 1. The molecule has 0 radical (unpaired) electrons. The third kappa shape index (κ3) is 4.14. The zero-order valence-corrected chi connectivity index (χ0v) is 16.6. The first kappa shape index (κ1) is 18.4. The van der Waals surface area contributed by atoms with Gasteiger partial charge in [0.25, 0.3) is 0 Å². The predicted octanol–water partition coefficient (Wildman–Crippen LogP) is 0.782. The summed E-state index contributed by atoms with van der Waals surface area (Å²) in [6.07, 6.45) is 1.83. The smallest absolute Gasteiger partial charge is 0.227 e. The zero-order chi connectivity index (χ0) is 18.8. The fourth-order valence-electron chi connectivity index (χ4n) is 4.15. The van der Waals surface area contributed by atoms with Crippen molar-refractivity contribution in [3.05, 3.63) is 29.3 Å². The van der Waals surface area contributed by atoms with Crippen molar-refractivity contribution >= 4 is 33.4 Å². The van der Waals surface area contributed by atoms with Crippen molar-refractivity contribution in [3.8, 4) is 0 Å². The number of piperazine rings is 1. The number of piperidine rings is 1. The number of hydrogen-bond acceptors (Lipinski definition) is 4. The van der Waals surface area contributed by atoms with Gasteiger partial charge >= 0.3 is 0 Å². The van der Waals surface area contributed by atoms with Gasteiger partial charge in [-0.2, -0.15) is 0 Å². The van der Waals surface area contributed by atoms with Gasteiger partial charge in [-0.1, -0.05) is 12.1 Å². The van der Waals surface area contributed by atoms with E-state index in [9.17, 15) is 9.59 Å². The molecule has 0 unspecified atom stereocenters. The first-order chi connectivity index (χ1) is 13.1. The van der Waals surface area contributed by atoms with Gasteiger partial charge in [-0.3, -0.25) is 9.59 Å². The number of rotatable bonds is 3. The number of nitrogens with one attached hydrogen (secondary N) is 1. The number of fused-ring (bicyclic) bond motifs is 1. The summed E-state index contributed by atoms with van der Waals surface area (Å²) in [6.45, 7) is 7.44. The van der Waals surface area contributed by atoms with Crippen LogP contribution in [0.15, 0.2) is 24.3 Å². The molecule has 1 aromatic carbocycles. The lowest BCUT2D eigenvalue weighted by Gasteiger charge is -2.37. The minimum atomic E-state index is -0.0199. The van der Waals surface area contributed by atoms with Gasteiger partial charge in [0.15, 0.2) is 0 Å². The number of nitrogens with zero attached hydrogens (tertiary/aromatic N) is 3. The second-order valence-corrected chi connectivity index (χ2v) is 8.75. The van der Waals surface area contributed by atoms with Crippen LogP contribution < -0.4 is 4.90 Å². The molecule has 27 heavy (non-hydrogen) atoms. The van der Waals surface area contributed by atoms with Gasteiger partial charge in [-0.05, 0) is 25.0 Å². The van der Waals surface area contributed by atoms with Crippen molar-refractivity contribution in [1.82, 2.24) is 14.8 Å². The maximum Gasteiger partial charge on any atom is 0.227 e. The molecule has 2 amide bonds. The van der Waals surface area contributed by atoms with E-state index in [1.807, 2.05) is 15.9 Å². The van der Waals surface area contributed by atoms with Crippen molar-refractivity contribution in [2.75, 3.05) is 39.3 Å². The van der Waals surface area contributed by atoms with Crippen LogP contribution in [0.5, 0.6) is 0 Å². The first-order valence-corrected chi connectivity index (χ1v) is 10.6. The van der Waals surface area contributed by atoms with Crippen LogP contribution in [0.4, 0.5) is 0 Å². The lowest BCUT2D eigenvalue weighted by atomic mass is 9.96. The zero-order valence-electron chi connectivity index (χ0n) is 15.8. The Bertz CT molecular complexity index is 795. The van der Waals surface area contributed by atoms with Crippen molar-refractivity contribution < 1.29 is 14.5 Å². The second kappa shape index (κ2) is 7.94. The molecular formula is C20H27N4O2S+. The molecule has 2 fully saturated rings. The molecule has 144 valence electrons. The minimum Gasteiger partial charge on any atom is -0.342 e. The highest BCUT2D eigenvalue weighted by Gasteiger charge is 2.32. The lowest BCUT2D eigenvalue weighted by Crippen LogP contribution is -3.13. The van der Waals surface area contributed by atoms with Crippen molar-refractivity contribution in [1.29, 1.82) is 0 Å². The van der Waals surface area contributed by atoms with Crippen LogP contribution in [0.1, 0.15) is 24.8 Å². The quantitative estimate of drug-likeness (QED) is 0.847. The van der Waals surface area contributed by atoms with Crippen LogP contribution in [0.2, 0.25) is 0 Å². The van der Waals surface area contributed by atoms with Gasteiger partial charge in [0.2, 0.25) is 11.8 Å². The molecule has 0 aliphatic carbocycles. The molecule has 1 aromatic heterocycles. The number of hydrogen-bond donors (Lipinski definition) is 1. The van der Waals surface area contributed by atoms with E-state index in [1.165, 1.54) is 14.6 Å². The van der Waals surface area contributed by atoms with E-state index in [1.54, 1.807) is 18.3 Å². The van der Waals surface area contributed by atoms with E-state index < -0.39 is 0 Å². The molecule has 2 aliphatic rings. The fourth-order valence-corrected chi connectivity index (χ4v) is 5.19. The topological polar surface area (TPSA) is 58.0 Å². The average Bonchev–Trinajstić information content (AvgIpc) is 3.10. The molecule has 0 spiro atoms. The van der Waals surface area contributed by atoms with Gasteiger partial charge in [-0.25, -0.2) is 4.98 Å². The maximum absolute atomic E-state index is 12.9. The predicted molar refractivity (Wildman–Crippen MR) is 106 cm³/mol. The van der Waals surface area contributed by atoms with Crippen molar-refractivity contribution in [3.63, 3.8) is 0 Å². The monoisotopic (exact) mass is 387 g/mol. The highest BCUT2D eigenvalue weighted by atomic mass is 32.1. The normalized spacial score (nSPS) is 21.6. The molecule has 1 N–H and O–H groups in total. The van der Waals surface area contributed by atoms with Crippen molar-refractivity contribution in [2.24, 2.45) is 5.92 Å². The van der Waals surface area contributed by atoms with Crippen molar-refractivity contribution in [2.45, 2.75) is 26.3 Å². The molecule has 7 heteroatoms. The SMILES string of the molecule is CC(=O)N1CCC[C@H](C(=O)N2CC[NH+](Cc3nc4ccccc4s3)CC2)C1. The standard InChI is InChI=1S/C20H26N4O2S/c1-15(25)24-8-4-5-16(13-24)20(26)23-11-9-22(10-12-23)14-19-21-17-6-2-3-7-18(17)27-19/h2-3,6-7,16H,4-5,8-14H2,1H3/p+1/t16-/m0/s1. The Balaban J connectivity index is 1.30. The van der Waals surface area contributed by atoms with Gasteiger partial charge < -0.3 is 14.7 Å². The number of likely N-dealkylation sites (tertiary alicyclic amines) is 1. The third-order valence-electron chi connectivity index (χ3n) is 5.74. The first-order valence-electron chi connectivity index (χ1n) is 9.82. The molecule has 3 heterocycles. The Morgan fingerprint density at radius 2 is 1.96 bits per heavy atom. The number of amides is 2. The molecular weight excluding hydrogens is 360 g/mol. The van der Waals surface area contributed by atoms with Crippen LogP contribution in [0.3, 0.4) is 0 Å². The summed E-state index contributed by atoms with van der Waals surface area (Å²) in [5.41, 5.74) is 1.08. The summed E-state index contributed by atoms with van der Waals surface area (Å²) in [6, 6.07) is 8.27. The Morgan fingerprint density at radius 1 is 1.19 bits per heavy atom. The van der Waals surface area contributed by atoms with Crippen LogP contribution >= 0.6 is 11.3 Å². The van der Waals surface area contributed by atoms with E-state index in [0.29, 0.717) is 6.54 Å². The van der Waals surface area contributed by atoms with Crippen LogP contribution in [0.25, 0.3) is 10.2 Å². The molecule has 2 saturated heterocycles. The molecule has 6 nitrogen and oxygen atoms in total. The number of carbonyl (C=O) groups is 2. The number of carbonyl (C=O) groups excluding carboxylic acids is 2. The van der Waals surface area contributed by atoms with E-state index in [0.717, 1.165) is 57.6 Å². The minimum absolute atomic E-state index is 0.0199. The highest BCUT2D eigenvalue weighted by Crippen LogP contribution is 2.21. The number of aromatic nitrogens is 1. The third-order valence-corrected chi connectivity index (χ3v) is 6.77. The summed E-state index contributed by atoms with van der Waals surface area (Å²) in [5.74, 6) is 0.297. The fraction of sp³-hybridized carbons (Fsp3) is 0.550. The molecule has 2 aromatic rings. The summed E-state index contributed by atoms with van der Waals surface area (Å²) in [5, 5.41) is 1.18. The van der Waals surface area contributed by atoms with Gasteiger partial charge in [0, 0.05) is 20.0 Å². The number of quaternary nitrogens is 1. The van der Waals surface area contributed by atoms with Gasteiger partial charge in [0.05, 0.1) is 42.3 Å². The molecule has 4 rings (SSSR count). The number of benzene rings is 1. The van der Waals surface area contributed by atoms with Crippen LogP contribution in [0, 0.1) is 5.92 Å². The van der Waals surface area contributed by atoms with Crippen LogP contribution in [-0.2, 0) is 16.1 Å². The molecule has 0 saturated carbocycles. The summed E-state index contributed by atoms with van der Waals surface area (Å²) in [4.78, 5) is 34.6. The van der Waals surface area contributed by atoms with E-state index >= 15 is 0 Å². The summed E-state index contributed by atoms with van der Waals surface area (Å²) in [7, 11) is 0. The van der Waals surface area contributed by atoms with E-state index in [-0.39, 0.29) is 17.7 Å². The van der Waals surface area contributed by atoms with Crippen LogP contribution in [-0.4, -0.2) is 65.9 Å². The van der Waals surface area contributed by atoms with E-state index in [2.05, 4.69) is 18.2 Å². The van der Waals surface area contributed by atoms with E-state index in [4.69, 9.17) is 4.98 Å². The van der Waals surface area contributed by atoms with Gasteiger partial charge in [-0.15, -0.1) is 11.3 Å². The molecule has 1 atom stereocenters. The Hall–Kier alpha value is -1.99. The highest BCUT2D eigenvalue weighted by molar-refractivity contribution is 7.18. The molecule has 0 bridgehead atoms. The summed E-state index contributed by atoms with van der Waals surface area (Å²) >= 11 is 1.77. The average molecular weight is 388 g/mol. The maximum atomic E-state index is 12.9. The molecule has 2 aliphatic heterocycles. The van der Waals surface area contributed by atoms with Gasteiger partial charge in [0.1, 0.15) is 11.6 Å². The summed E-state index contributed by atoms with van der Waals surface area (Å²) < 4.78 is 1.24. The second-order valence-electron chi connectivity index (χ2n) is 7.63.